The monoisotopic (exact) mass is 318 g/mol. The molecule has 7 heteroatoms. The highest BCUT2D eigenvalue weighted by Crippen LogP contribution is 2.20. The molecular formula is C15H18N4O2S. The first-order valence-corrected chi connectivity index (χ1v) is 8.42. The number of thioether (sulfide) groups is 1. The minimum absolute atomic E-state index is 0.0902. The highest BCUT2D eigenvalue weighted by molar-refractivity contribution is 7.98. The van der Waals surface area contributed by atoms with Crippen LogP contribution in [0.15, 0.2) is 35.5 Å². The van der Waals surface area contributed by atoms with Gasteiger partial charge in [0.1, 0.15) is 0 Å². The number of H-pyrrole nitrogens is 1. The predicted octanol–water partition coefficient (Wildman–Crippen LogP) is 2.07. The molecule has 116 valence electrons. The van der Waals surface area contributed by atoms with Crippen molar-refractivity contribution >= 4 is 17.7 Å². The highest BCUT2D eigenvalue weighted by atomic mass is 32.2. The summed E-state index contributed by atoms with van der Waals surface area (Å²) in [5.41, 5.74) is 0.740. The van der Waals surface area contributed by atoms with Crippen molar-refractivity contribution in [2.45, 2.75) is 11.6 Å². The van der Waals surface area contributed by atoms with Crippen LogP contribution < -0.4 is 4.74 Å². The van der Waals surface area contributed by atoms with E-state index in [0.717, 1.165) is 25.1 Å². The van der Waals surface area contributed by atoms with Crippen molar-refractivity contribution in [1.29, 1.82) is 0 Å². The summed E-state index contributed by atoms with van der Waals surface area (Å²) in [5, 5.41) is 7.42. The molecule has 22 heavy (non-hydrogen) atoms. The Kier molecular flexibility index (Phi) is 4.62. The number of hydrogen-bond donors (Lipinski definition) is 1. The SMILES string of the molecule is CSc1n[nH]c(OCC2CCN(C(=O)c3ccccc3)C2)n1. The fourth-order valence-corrected chi connectivity index (χ4v) is 2.81. The molecule has 0 bridgehead atoms. The quantitative estimate of drug-likeness (QED) is 0.855. The van der Waals surface area contributed by atoms with Crippen LogP contribution in [0.1, 0.15) is 16.8 Å². The average Bonchev–Trinajstić information content (AvgIpc) is 3.22. The van der Waals surface area contributed by atoms with Gasteiger partial charge in [-0.1, -0.05) is 30.0 Å². The largest absolute Gasteiger partial charge is 0.463 e. The molecule has 0 aliphatic carbocycles. The normalized spacial score (nSPS) is 17.7. The maximum atomic E-state index is 12.4. The lowest BCUT2D eigenvalue weighted by Gasteiger charge is -2.16. The second-order valence-electron chi connectivity index (χ2n) is 5.21. The van der Waals surface area contributed by atoms with Gasteiger partial charge in [-0.2, -0.15) is 4.98 Å². The predicted molar refractivity (Wildman–Crippen MR) is 84.1 cm³/mol. The van der Waals surface area contributed by atoms with E-state index < -0.39 is 0 Å². The Labute approximate surface area is 133 Å². The van der Waals surface area contributed by atoms with Crippen molar-refractivity contribution in [1.82, 2.24) is 20.1 Å². The number of benzene rings is 1. The molecule has 1 aliphatic heterocycles. The molecule has 0 spiro atoms. The van der Waals surface area contributed by atoms with Crippen LogP contribution in [0.5, 0.6) is 6.01 Å². The Bertz CT molecular complexity index is 631. The van der Waals surface area contributed by atoms with E-state index in [2.05, 4.69) is 15.2 Å². The molecule has 1 aromatic carbocycles. The molecular weight excluding hydrogens is 300 g/mol. The highest BCUT2D eigenvalue weighted by Gasteiger charge is 2.27. The second kappa shape index (κ2) is 6.83. The van der Waals surface area contributed by atoms with E-state index in [1.165, 1.54) is 11.8 Å². The number of rotatable bonds is 5. The second-order valence-corrected chi connectivity index (χ2v) is 5.98. The smallest absolute Gasteiger partial charge is 0.313 e. The van der Waals surface area contributed by atoms with Crippen molar-refractivity contribution in [3.05, 3.63) is 35.9 Å². The molecule has 1 unspecified atom stereocenters. The van der Waals surface area contributed by atoms with Gasteiger partial charge in [-0.15, -0.1) is 5.10 Å². The average molecular weight is 318 g/mol. The first kappa shape index (κ1) is 14.9. The van der Waals surface area contributed by atoms with Crippen molar-refractivity contribution in [3.8, 4) is 6.01 Å². The third-order valence-corrected chi connectivity index (χ3v) is 4.22. The van der Waals surface area contributed by atoms with Gasteiger partial charge in [-0.25, -0.2) is 5.10 Å². The summed E-state index contributed by atoms with van der Waals surface area (Å²) in [4.78, 5) is 18.4. The molecule has 0 radical (unpaired) electrons. The van der Waals surface area contributed by atoms with Crippen LogP contribution in [0.2, 0.25) is 0 Å². The van der Waals surface area contributed by atoms with Crippen LogP contribution in [0.25, 0.3) is 0 Å². The van der Waals surface area contributed by atoms with E-state index in [-0.39, 0.29) is 5.91 Å². The van der Waals surface area contributed by atoms with E-state index >= 15 is 0 Å². The summed E-state index contributed by atoms with van der Waals surface area (Å²) in [6.45, 7) is 2.03. The van der Waals surface area contributed by atoms with Gasteiger partial charge in [0, 0.05) is 24.6 Å². The Morgan fingerprint density at radius 1 is 1.45 bits per heavy atom. The number of nitrogens with one attached hydrogen (secondary N) is 1. The van der Waals surface area contributed by atoms with Crippen LogP contribution >= 0.6 is 11.8 Å². The molecule has 6 nitrogen and oxygen atoms in total. The first-order valence-electron chi connectivity index (χ1n) is 7.20. The molecule has 1 fully saturated rings. The maximum absolute atomic E-state index is 12.4. The van der Waals surface area contributed by atoms with Gasteiger partial charge < -0.3 is 9.64 Å². The van der Waals surface area contributed by atoms with Crippen LogP contribution in [0, 0.1) is 5.92 Å². The lowest BCUT2D eigenvalue weighted by Crippen LogP contribution is -2.29. The molecule has 2 aromatic rings. The molecule has 1 atom stereocenters. The number of nitrogens with zero attached hydrogens (tertiary/aromatic N) is 3. The van der Waals surface area contributed by atoms with E-state index in [4.69, 9.17) is 4.74 Å². The number of carbonyl (C=O) groups is 1. The topological polar surface area (TPSA) is 71.1 Å². The molecule has 2 heterocycles. The number of amides is 1. The van der Waals surface area contributed by atoms with E-state index in [1.807, 2.05) is 41.5 Å². The van der Waals surface area contributed by atoms with Gasteiger partial charge >= 0.3 is 6.01 Å². The number of aromatic nitrogens is 3. The Hall–Kier alpha value is -2.02. The minimum Gasteiger partial charge on any atom is -0.463 e. The van der Waals surface area contributed by atoms with Gasteiger partial charge in [0.25, 0.3) is 5.91 Å². The lowest BCUT2D eigenvalue weighted by atomic mass is 10.1. The summed E-state index contributed by atoms with van der Waals surface area (Å²) in [5.74, 6) is 0.419. The maximum Gasteiger partial charge on any atom is 0.313 e. The summed E-state index contributed by atoms with van der Waals surface area (Å²) < 4.78 is 5.63. The van der Waals surface area contributed by atoms with E-state index in [9.17, 15) is 4.79 Å². The fraction of sp³-hybridized carbons (Fsp3) is 0.400. The molecule has 1 amide bonds. The van der Waals surface area contributed by atoms with E-state index in [0.29, 0.717) is 23.7 Å². The van der Waals surface area contributed by atoms with Gasteiger partial charge in [0.15, 0.2) is 0 Å². The third-order valence-electron chi connectivity index (χ3n) is 3.68. The van der Waals surface area contributed by atoms with Crippen LogP contribution in [-0.2, 0) is 0 Å². The summed E-state index contributed by atoms with van der Waals surface area (Å²) in [6, 6.07) is 9.83. The summed E-state index contributed by atoms with van der Waals surface area (Å²) in [7, 11) is 0. The zero-order valence-electron chi connectivity index (χ0n) is 12.4. The number of likely N-dealkylation sites (tertiary alicyclic amines) is 1. The fourth-order valence-electron chi connectivity index (χ4n) is 2.50. The van der Waals surface area contributed by atoms with Gasteiger partial charge in [-0.3, -0.25) is 4.79 Å². The molecule has 1 saturated heterocycles. The number of ether oxygens (including phenoxy) is 1. The van der Waals surface area contributed by atoms with Gasteiger partial charge in [0.05, 0.1) is 6.61 Å². The number of hydrogen-bond acceptors (Lipinski definition) is 5. The van der Waals surface area contributed by atoms with Gasteiger partial charge in [-0.05, 0) is 24.8 Å². The molecule has 1 aliphatic rings. The lowest BCUT2D eigenvalue weighted by molar-refractivity contribution is 0.0782. The molecule has 3 rings (SSSR count). The van der Waals surface area contributed by atoms with Crippen molar-refractivity contribution in [2.24, 2.45) is 5.92 Å². The Morgan fingerprint density at radius 3 is 3.00 bits per heavy atom. The Balaban J connectivity index is 1.51. The standard InChI is InChI=1S/C15H18N4O2S/c1-22-15-16-14(17-18-15)21-10-11-7-8-19(9-11)13(20)12-5-3-2-4-6-12/h2-6,11H,7-10H2,1H3,(H,16,17,18). The summed E-state index contributed by atoms with van der Waals surface area (Å²) >= 11 is 1.46. The zero-order chi connectivity index (χ0) is 15.4. The van der Waals surface area contributed by atoms with E-state index in [1.54, 1.807) is 0 Å². The Morgan fingerprint density at radius 2 is 2.27 bits per heavy atom. The molecule has 1 aromatic heterocycles. The summed E-state index contributed by atoms with van der Waals surface area (Å²) in [6.07, 6.45) is 2.86. The van der Waals surface area contributed by atoms with Crippen LogP contribution in [0.4, 0.5) is 0 Å². The number of carbonyl (C=O) groups excluding carboxylic acids is 1. The van der Waals surface area contributed by atoms with Gasteiger partial charge in [0.2, 0.25) is 5.16 Å². The zero-order valence-corrected chi connectivity index (χ0v) is 13.2. The van der Waals surface area contributed by atoms with Crippen LogP contribution in [0.3, 0.4) is 0 Å². The van der Waals surface area contributed by atoms with Crippen molar-refractivity contribution in [3.63, 3.8) is 0 Å². The molecule has 0 saturated carbocycles. The van der Waals surface area contributed by atoms with Crippen molar-refractivity contribution in [2.75, 3.05) is 26.0 Å². The van der Waals surface area contributed by atoms with Crippen LogP contribution in [-0.4, -0.2) is 51.9 Å². The van der Waals surface area contributed by atoms with Crippen molar-refractivity contribution < 1.29 is 9.53 Å². The number of aromatic amines is 1. The third kappa shape index (κ3) is 3.41. The minimum atomic E-state index is 0.0902. The first-order chi connectivity index (χ1) is 10.8. The molecule has 1 N–H and O–H groups in total.